The van der Waals surface area contributed by atoms with Crippen LogP contribution in [0.25, 0.3) is 0 Å². The standard InChI is InChI=1S/C10H14Cl2N2/c1-10(2,3)9-7(5-11)4-8(6-12)13-14-9/h4H,5-6H2,1-3H3. The molecule has 1 aromatic rings. The van der Waals surface area contributed by atoms with Gasteiger partial charge in [0.05, 0.1) is 17.3 Å². The maximum atomic E-state index is 5.86. The van der Waals surface area contributed by atoms with Crippen molar-refractivity contribution in [3.63, 3.8) is 0 Å². The summed E-state index contributed by atoms with van der Waals surface area (Å²) in [5, 5.41) is 8.20. The molecule has 0 aliphatic heterocycles. The van der Waals surface area contributed by atoms with Crippen molar-refractivity contribution >= 4 is 23.2 Å². The summed E-state index contributed by atoms with van der Waals surface area (Å²) < 4.78 is 0. The normalized spacial score (nSPS) is 11.8. The Hall–Kier alpha value is -0.340. The second-order valence-corrected chi connectivity index (χ2v) is 4.76. The third-order valence-corrected chi connectivity index (χ3v) is 2.48. The highest BCUT2D eigenvalue weighted by atomic mass is 35.5. The van der Waals surface area contributed by atoms with E-state index in [1.54, 1.807) is 0 Å². The summed E-state index contributed by atoms with van der Waals surface area (Å²) >= 11 is 11.5. The first kappa shape index (κ1) is 11.7. The largest absolute Gasteiger partial charge is 0.154 e. The van der Waals surface area contributed by atoms with Gasteiger partial charge in [-0.05, 0) is 11.6 Å². The van der Waals surface area contributed by atoms with Crippen LogP contribution in [0.3, 0.4) is 0 Å². The van der Waals surface area contributed by atoms with Gasteiger partial charge in [-0.3, -0.25) is 0 Å². The van der Waals surface area contributed by atoms with E-state index in [2.05, 4.69) is 31.0 Å². The predicted octanol–water partition coefficient (Wildman–Crippen LogP) is 3.25. The van der Waals surface area contributed by atoms with Gasteiger partial charge in [-0.2, -0.15) is 10.2 Å². The van der Waals surface area contributed by atoms with E-state index in [4.69, 9.17) is 23.2 Å². The van der Waals surface area contributed by atoms with Gasteiger partial charge in [0.2, 0.25) is 0 Å². The first-order valence-corrected chi connectivity index (χ1v) is 5.54. The van der Waals surface area contributed by atoms with Crippen molar-refractivity contribution in [2.75, 3.05) is 0 Å². The molecule has 0 fully saturated rings. The minimum atomic E-state index is -0.0257. The molecule has 4 heteroatoms. The molecule has 0 amide bonds. The summed E-state index contributed by atoms with van der Waals surface area (Å²) in [6.07, 6.45) is 0. The number of alkyl halides is 2. The molecule has 1 heterocycles. The molecule has 1 aromatic heterocycles. The molecule has 0 aliphatic rings. The van der Waals surface area contributed by atoms with E-state index in [9.17, 15) is 0 Å². The number of hydrogen-bond donors (Lipinski definition) is 0. The predicted molar refractivity (Wildman–Crippen MR) is 59.8 cm³/mol. The Labute approximate surface area is 94.6 Å². The second-order valence-electron chi connectivity index (χ2n) is 4.23. The maximum absolute atomic E-state index is 5.86. The van der Waals surface area contributed by atoms with Gasteiger partial charge in [-0.15, -0.1) is 23.2 Å². The SMILES string of the molecule is CC(C)(C)c1nnc(CCl)cc1CCl. The molecule has 78 valence electrons. The summed E-state index contributed by atoms with van der Waals surface area (Å²) in [7, 11) is 0. The van der Waals surface area contributed by atoms with Gasteiger partial charge >= 0.3 is 0 Å². The molecule has 2 nitrogen and oxygen atoms in total. The van der Waals surface area contributed by atoms with Crippen LogP contribution in [0.4, 0.5) is 0 Å². The molecular weight excluding hydrogens is 219 g/mol. The van der Waals surface area contributed by atoms with E-state index < -0.39 is 0 Å². The number of aromatic nitrogens is 2. The Morgan fingerprint density at radius 2 is 1.79 bits per heavy atom. The highest BCUT2D eigenvalue weighted by Crippen LogP contribution is 2.24. The van der Waals surface area contributed by atoms with Crippen LogP contribution < -0.4 is 0 Å². The molecule has 0 radical (unpaired) electrons. The Balaban J connectivity index is 3.18. The smallest absolute Gasteiger partial charge is 0.0782 e. The summed E-state index contributed by atoms with van der Waals surface area (Å²) in [4.78, 5) is 0. The first-order valence-electron chi connectivity index (χ1n) is 4.47. The van der Waals surface area contributed by atoms with E-state index in [-0.39, 0.29) is 5.41 Å². The molecule has 0 aliphatic carbocycles. The molecule has 0 atom stereocenters. The van der Waals surface area contributed by atoms with Crippen molar-refractivity contribution in [2.24, 2.45) is 0 Å². The highest BCUT2D eigenvalue weighted by Gasteiger charge is 2.20. The minimum absolute atomic E-state index is 0.0257. The van der Waals surface area contributed by atoms with E-state index >= 15 is 0 Å². The van der Waals surface area contributed by atoms with Gasteiger partial charge in [0, 0.05) is 11.3 Å². The van der Waals surface area contributed by atoms with E-state index in [1.165, 1.54) is 0 Å². The molecule has 0 N–H and O–H groups in total. The van der Waals surface area contributed by atoms with Crippen molar-refractivity contribution in [3.05, 3.63) is 23.0 Å². The minimum Gasteiger partial charge on any atom is -0.154 e. The summed E-state index contributed by atoms with van der Waals surface area (Å²) in [5.74, 6) is 0.827. The molecule has 0 unspecified atom stereocenters. The number of hydrogen-bond acceptors (Lipinski definition) is 2. The van der Waals surface area contributed by atoms with E-state index in [0.717, 1.165) is 17.0 Å². The third-order valence-electron chi connectivity index (χ3n) is 1.91. The Kier molecular flexibility index (Phi) is 3.73. The lowest BCUT2D eigenvalue weighted by molar-refractivity contribution is 0.551. The molecule has 0 aromatic carbocycles. The molecule has 0 bridgehead atoms. The van der Waals surface area contributed by atoms with Gasteiger partial charge in [0.25, 0.3) is 0 Å². The van der Waals surface area contributed by atoms with Crippen molar-refractivity contribution < 1.29 is 0 Å². The Bertz CT molecular complexity index is 318. The van der Waals surface area contributed by atoms with Crippen molar-refractivity contribution in [1.82, 2.24) is 10.2 Å². The first-order chi connectivity index (χ1) is 6.49. The zero-order chi connectivity index (χ0) is 10.8. The average Bonchev–Trinajstić information content (AvgIpc) is 2.15. The van der Waals surface area contributed by atoms with Crippen molar-refractivity contribution in [1.29, 1.82) is 0 Å². The number of nitrogens with zero attached hydrogens (tertiary/aromatic N) is 2. The zero-order valence-electron chi connectivity index (χ0n) is 8.64. The second kappa shape index (κ2) is 4.45. The van der Waals surface area contributed by atoms with Crippen LogP contribution in [0.15, 0.2) is 6.07 Å². The van der Waals surface area contributed by atoms with Crippen LogP contribution in [-0.4, -0.2) is 10.2 Å². The fourth-order valence-electron chi connectivity index (χ4n) is 1.28. The van der Waals surface area contributed by atoms with E-state index in [1.807, 2.05) is 6.07 Å². The van der Waals surface area contributed by atoms with Gasteiger partial charge in [-0.1, -0.05) is 20.8 Å². The molecule has 0 spiro atoms. The van der Waals surface area contributed by atoms with Crippen LogP contribution in [0.5, 0.6) is 0 Å². The van der Waals surface area contributed by atoms with Crippen molar-refractivity contribution in [2.45, 2.75) is 37.9 Å². The maximum Gasteiger partial charge on any atom is 0.0782 e. The average molecular weight is 233 g/mol. The van der Waals surface area contributed by atoms with Gasteiger partial charge in [0.15, 0.2) is 0 Å². The molecule has 0 saturated heterocycles. The number of rotatable bonds is 2. The van der Waals surface area contributed by atoms with Gasteiger partial charge in [0.1, 0.15) is 0 Å². The summed E-state index contributed by atoms with van der Waals surface area (Å²) in [6.45, 7) is 6.27. The molecule has 14 heavy (non-hydrogen) atoms. The summed E-state index contributed by atoms with van der Waals surface area (Å²) in [6, 6.07) is 1.92. The zero-order valence-corrected chi connectivity index (χ0v) is 10.2. The van der Waals surface area contributed by atoms with E-state index in [0.29, 0.717) is 11.8 Å². The summed E-state index contributed by atoms with van der Waals surface area (Å²) in [5.41, 5.74) is 2.71. The fraction of sp³-hybridized carbons (Fsp3) is 0.600. The van der Waals surface area contributed by atoms with Crippen LogP contribution in [0, 0.1) is 0 Å². The highest BCUT2D eigenvalue weighted by molar-refractivity contribution is 6.17. The van der Waals surface area contributed by atoms with Crippen LogP contribution in [-0.2, 0) is 17.2 Å². The quantitative estimate of drug-likeness (QED) is 0.732. The lowest BCUT2D eigenvalue weighted by Gasteiger charge is -2.19. The number of halogens is 2. The van der Waals surface area contributed by atoms with Crippen LogP contribution in [0.2, 0.25) is 0 Å². The van der Waals surface area contributed by atoms with Crippen LogP contribution in [0.1, 0.15) is 37.7 Å². The Morgan fingerprint density at radius 1 is 1.14 bits per heavy atom. The van der Waals surface area contributed by atoms with Crippen molar-refractivity contribution in [3.8, 4) is 0 Å². The molecule has 1 rings (SSSR count). The van der Waals surface area contributed by atoms with Crippen LogP contribution >= 0.6 is 23.2 Å². The Morgan fingerprint density at radius 3 is 2.21 bits per heavy atom. The van der Waals surface area contributed by atoms with Gasteiger partial charge in [-0.25, -0.2) is 0 Å². The monoisotopic (exact) mass is 232 g/mol. The molecular formula is C10H14Cl2N2. The molecule has 0 saturated carbocycles. The topological polar surface area (TPSA) is 25.8 Å². The lowest BCUT2D eigenvalue weighted by atomic mass is 9.89. The fourth-order valence-corrected chi connectivity index (χ4v) is 1.61. The third kappa shape index (κ3) is 2.58. The van der Waals surface area contributed by atoms with Gasteiger partial charge < -0.3 is 0 Å². The lowest BCUT2D eigenvalue weighted by Crippen LogP contribution is -2.17.